The van der Waals surface area contributed by atoms with E-state index in [4.69, 9.17) is 18.9 Å². The number of aromatic amines is 1. The predicted octanol–water partition coefficient (Wildman–Crippen LogP) is 5.08. The fourth-order valence-electron chi connectivity index (χ4n) is 13.2. The molecule has 9 rings (SSSR count). The first-order valence-electron chi connectivity index (χ1n) is 20.7. The molecule has 2 bridgehead atoms. The van der Waals surface area contributed by atoms with Gasteiger partial charge in [-0.05, 0) is 68.3 Å². The van der Waals surface area contributed by atoms with Crippen molar-refractivity contribution in [3.05, 3.63) is 70.9 Å². The van der Waals surface area contributed by atoms with Crippen LogP contribution in [0.15, 0.2) is 48.6 Å². The number of H-pyrrole nitrogens is 1. The number of alkyl halides is 2. The highest BCUT2D eigenvalue weighted by atomic mass is 19.3. The van der Waals surface area contributed by atoms with Crippen molar-refractivity contribution in [1.29, 1.82) is 0 Å². The summed E-state index contributed by atoms with van der Waals surface area (Å²) in [6.07, 6.45) is 4.04. The molecule has 6 aliphatic rings. The second kappa shape index (κ2) is 13.5. The molecule has 2 aromatic carbocycles. The molecule has 1 aliphatic carbocycles. The number of rotatable bonds is 7. The van der Waals surface area contributed by atoms with Crippen molar-refractivity contribution >= 4 is 34.5 Å². The summed E-state index contributed by atoms with van der Waals surface area (Å²) in [5.74, 6) is -5.92. The molecule has 2 saturated heterocycles. The normalized spacial score (nSPS) is 35.8. The monoisotopic (exact) mass is 816 g/mol. The lowest BCUT2D eigenvalue weighted by Gasteiger charge is -2.63. The van der Waals surface area contributed by atoms with Gasteiger partial charge in [0.2, 0.25) is 11.5 Å². The van der Waals surface area contributed by atoms with Crippen LogP contribution >= 0.6 is 0 Å². The number of fused-ring (bicyclic) bond motifs is 6. The highest BCUT2D eigenvalue weighted by Gasteiger charge is 2.80. The van der Waals surface area contributed by atoms with Gasteiger partial charge in [-0.2, -0.15) is 0 Å². The molecule has 1 spiro atoms. The predicted molar refractivity (Wildman–Crippen MR) is 214 cm³/mol. The van der Waals surface area contributed by atoms with Crippen molar-refractivity contribution in [3.63, 3.8) is 0 Å². The Morgan fingerprint density at radius 3 is 2.46 bits per heavy atom. The van der Waals surface area contributed by atoms with Gasteiger partial charge in [-0.25, -0.2) is 13.6 Å². The maximum Gasteiger partial charge on any atom is 0.344 e. The minimum Gasteiger partial charge on any atom is -0.496 e. The van der Waals surface area contributed by atoms with E-state index in [9.17, 15) is 14.7 Å². The molecule has 5 aliphatic heterocycles. The van der Waals surface area contributed by atoms with E-state index in [1.165, 1.54) is 28.3 Å². The van der Waals surface area contributed by atoms with Gasteiger partial charge in [0.05, 0.1) is 27.4 Å². The van der Waals surface area contributed by atoms with Gasteiger partial charge in [-0.15, -0.1) is 0 Å². The molecule has 3 fully saturated rings. The standard InChI is InChI=1S/C45H54F2N4O8/c1-8-42-14-11-16-51-17-15-43(36(42)51)30-19-31(34(56-5)20-33(30)49(4)37(43)45(55,40(54)58-7)38(42)59-25(2)52)44(39(53)57-6)21-26-18-27(41(3,46)47)23-50(22-26)24-29-28-12-9-10-13-32(28)48-35(29)44/h9-14,19-20,26-27,36-38,48,55H,8,15-18,21-24H2,1-7H3/t26-,27+,36-,37+,38+,42+,43+,44-,45-/m1/s1. The second-order valence-corrected chi connectivity index (χ2v) is 18.0. The molecule has 1 saturated carbocycles. The number of nitrogens with zero attached hydrogens (tertiary/aromatic N) is 3. The molecule has 14 heteroatoms. The van der Waals surface area contributed by atoms with Gasteiger partial charge in [0.1, 0.15) is 11.2 Å². The molecular formula is C45H54F2N4O8. The number of aromatic nitrogens is 1. The Labute approximate surface area is 342 Å². The van der Waals surface area contributed by atoms with Crippen LogP contribution in [-0.4, -0.2) is 122 Å². The zero-order chi connectivity index (χ0) is 42.0. The first-order chi connectivity index (χ1) is 28.1. The Balaban J connectivity index is 1.35. The highest BCUT2D eigenvalue weighted by molar-refractivity contribution is 5.95. The quantitative estimate of drug-likeness (QED) is 0.188. The summed E-state index contributed by atoms with van der Waals surface area (Å²) in [6, 6.07) is 10.3. The van der Waals surface area contributed by atoms with Gasteiger partial charge in [0.15, 0.2) is 6.10 Å². The lowest BCUT2D eigenvalue weighted by Crippen LogP contribution is -2.81. The van der Waals surface area contributed by atoms with E-state index < -0.39 is 63.7 Å². The lowest BCUT2D eigenvalue weighted by atomic mass is 9.47. The fourth-order valence-corrected chi connectivity index (χ4v) is 13.2. The van der Waals surface area contributed by atoms with Crippen LogP contribution in [0.2, 0.25) is 0 Å². The maximum absolute atomic E-state index is 15.3. The van der Waals surface area contributed by atoms with Gasteiger partial charge < -0.3 is 33.9 Å². The summed E-state index contributed by atoms with van der Waals surface area (Å²) in [5.41, 5.74) is -1.64. The Kier molecular flexibility index (Phi) is 9.12. The number of methoxy groups -OCH3 is 3. The molecule has 6 heterocycles. The number of ether oxygens (including phenoxy) is 4. The molecule has 10 atom stereocenters. The number of esters is 3. The Bertz CT molecular complexity index is 2270. The number of likely N-dealkylation sites (N-methyl/N-ethyl adjacent to an activating group) is 1. The van der Waals surface area contributed by atoms with Crippen molar-refractivity contribution < 1.29 is 47.2 Å². The van der Waals surface area contributed by atoms with Crippen LogP contribution in [0.5, 0.6) is 5.75 Å². The second-order valence-electron chi connectivity index (χ2n) is 18.0. The number of anilines is 1. The van der Waals surface area contributed by atoms with Crippen LogP contribution < -0.4 is 9.64 Å². The van der Waals surface area contributed by atoms with Crippen molar-refractivity contribution in [1.82, 2.24) is 14.8 Å². The Morgan fingerprint density at radius 2 is 1.78 bits per heavy atom. The third-order valence-corrected chi connectivity index (χ3v) is 15.3. The number of para-hydroxylation sites is 1. The fraction of sp³-hybridized carbons (Fsp3) is 0.578. The number of nitrogens with one attached hydrogen (secondary N) is 1. The SMILES string of the molecule is CC[C@@]12C=CCN3CC[C@]4(c5cc([C@]6(C(=O)OC)C[C@H]7C[C@H](C(C)(F)F)CN(Cc8c6[nH]c6ccccc86)C7)c(OC)cc5N(C)[C@@H]4[C@](O)(C(=O)OC)[C@H]1OC(C)=O)[C@H]32. The van der Waals surface area contributed by atoms with Crippen molar-refractivity contribution in [2.45, 2.75) is 93.5 Å². The molecule has 1 unspecified atom stereocenters. The number of carbonyl (C=O) groups excluding carboxylic acids is 3. The van der Waals surface area contributed by atoms with Crippen LogP contribution in [0.3, 0.4) is 0 Å². The third-order valence-electron chi connectivity index (χ3n) is 15.3. The largest absolute Gasteiger partial charge is 0.496 e. The Morgan fingerprint density at radius 1 is 1.03 bits per heavy atom. The maximum atomic E-state index is 15.3. The number of halogens is 2. The number of hydrogen-bond donors (Lipinski definition) is 2. The first-order valence-corrected chi connectivity index (χ1v) is 20.7. The molecule has 12 nitrogen and oxygen atoms in total. The summed E-state index contributed by atoms with van der Waals surface area (Å²) in [6.45, 7) is 6.55. The minimum absolute atomic E-state index is 0.155. The van der Waals surface area contributed by atoms with E-state index in [1.807, 2.05) is 67.4 Å². The molecule has 0 amide bonds. The number of piperidine rings is 1. The van der Waals surface area contributed by atoms with Crippen LogP contribution in [0.4, 0.5) is 14.5 Å². The van der Waals surface area contributed by atoms with Crippen molar-refractivity contribution in [3.8, 4) is 5.75 Å². The summed E-state index contributed by atoms with van der Waals surface area (Å²) in [7, 11) is 5.94. The Hall–Kier alpha value is -4.53. The minimum atomic E-state index is -2.94. The van der Waals surface area contributed by atoms with Gasteiger partial charge >= 0.3 is 17.9 Å². The van der Waals surface area contributed by atoms with Gasteiger partial charge in [-0.3, -0.25) is 19.4 Å². The van der Waals surface area contributed by atoms with Crippen molar-refractivity contribution in [2.24, 2.45) is 17.3 Å². The lowest BCUT2D eigenvalue weighted by molar-refractivity contribution is -0.228. The van der Waals surface area contributed by atoms with Crippen LogP contribution in [0.1, 0.15) is 68.8 Å². The van der Waals surface area contributed by atoms with E-state index in [0.717, 1.165) is 29.0 Å². The zero-order valence-electron chi connectivity index (χ0n) is 34.8. The number of carbonyl (C=O) groups is 3. The van der Waals surface area contributed by atoms with Crippen molar-refractivity contribution in [2.75, 3.05) is 59.5 Å². The summed E-state index contributed by atoms with van der Waals surface area (Å²) >= 11 is 0. The molecule has 1 aromatic heterocycles. The molecule has 59 heavy (non-hydrogen) atoms. The van der Waals surface area contributed by atoms with Crippen LogP contribution in [0.25, 0.3) is 10.9 Å². The molecular weight excluding hydrogens is 763 g/mol. The molecule has 3 aromatic rings. The highest BCUT2D eigenvalue weighted by Crippen LogP contribution is 2.68. The van der Waals surface area contributed by atoms with Gasteiger partial charge in [-0.1, -0.05) is 37.3 Å². The summed E-state index contributed by atoms with van der Waals surface area (Å²) in [4.78, 5) is 52.5. The smallest absolute Gasteiger partial charge is 0.344 e. The molecule has 0 radical (unpaired) electrons. The number of hydrogen-bond acceptors (Lipinski definition) is 11. The average molecular weight is 817 g/mol. The molecule has 316 valence electrons. The molecule has 2 N–H and O–H groups in total. The van der Waals surface area contributed by atoms with E-state index >= 15 is 13.6 Å². The number of aliphatic hydroxyl groups is 1. The van der Waals surface area contributed by atoms with E-state index in [1.54, 1.807) is 0 Å². The number of benzene rings is 2. The van der Waals surface area contributed by atoms with Crippen LogP contribution in [-0.2, 0) is 46.0 Å². The zero-order valence-corrected chi connectivity index (χ0v) is 34.8. The third kappa shape index (κ3) is 5.17. The first kappa shape index (κ1) is 39.9. The topological polar surface area (TPSA) is 134 Å². The van der Waals surface area contributed by atoms with E-state index in [0.29, 0.717) is 61.7 Å². The van der Waals surface area contributed by atoms with Gasteiger partial charge in [0.25, 0.3) is 0 Å². The van der Waals surface area contributed by atoms with Gasteiger partial charge in [0, 0.05) is 96.9 Å². The van der Waals surface area contributed by atoms with Crippen LogP contribution in [0, 0.1) is 17.3 Å². The summed E-state index contributed by atoms with van der Waals surface area (Å²) in [5, 5.41) is 14.2. The summed E-state index contributed by atoms with van der Waals surface area (Å²) < 4.78 is 54.3. The van der Waals surface area contributed by atoms with E-state index in [2.05, 4.69) is 14.8 Å². The average Bonchev–Trinajstić information content (AvgIpc) is 3.86. The van der Waals surface area contributed by atoms with E-state index in [-0.39, 0.29) is 31.3 Å².